The molecule has 0 saturated heterocycles. The molecule has 0 spiro atoms. The summed E-state index contributed by atoms with van der Waals surface area (Å²) in [4.78, 5) is 1.64. The third-order valence-corrected chi connectivity index (χ3v) is 3.36. The lowest BCUT2D eigenvalue weighted by Gasteiger charge is -2.31. The highest BCUT2D eigenvalue weighted by molar-refractivity contribution is 5.56. The van der Waals surface area contributed by atoms with Gasteiger partial charge in [-0.2, -0.15) is 13.2 Å². The summed E-state index contributed by atoms with van der Waals surface area (Å²) < 4.78 is 51.4. The maximum Gasteiger partial charge on any atom is 0.412 e. The fourth-order valence-electron chi connectivity index (χ4n) is 2.36. The molecule has 1 atom stereocenters. The van der Waals surface area contributed by atoms with Gasteiger partial charge >= 0.3 is 6.18 Å². The normalized spacial score (nSPS) is 17.9. The van der Waals surface area contributed by atoms with Gasteiger partial charge in [-0.1, -0.05) is 12.1 Å². The van der Waals surface area contributed by atoms with Crippen LogP contribution in [0.1, 0.15) is 25.0 Å². The van der Waals surface area contributed by atoms with Crippen molar-refractivity contribution in [2.45, 2.75) is 25.6 Å². The van der Waals surface area contributed by atoms with Crippen LogP contribution in [0.5, 0.6) is 0 Å². The van der Waals surface area contributed by atoms with E-state index in [9.17, 15) is 22.7 Å². The van der Waals surface area contributed by atoms with E-state index >= 15 is 0 Å². The highest BCUT2D eigenvalue weighted by atomic mass is 19.4. The van der Waals surface area contributed by atoms with Crippen molar-refractivity contribution < 1.29 is 22.7 Å². The second-order valence-corrected chi connectivity index (χ2v) is 4.77. The molecule has 1 aliphatic heterocycles. The fourth-order valence-corrected chi connectivity index (χ4v) is 2.36. The van der Waals surface area contributed by atoms with Crippen LogP contribution in [0.4, 0.5) is 23.2 Å². The lowest BCUT2D eigenvalue weighted by Crippen LogP contribution is -2.32. The largest absolute Gasteiger partial charge is 0.412 e. The summed E-state index contributed by atoms with van der Waals surface area (Å²) >= 11 is 0. The third-order valence-electron chi connectivity index (χ3n) is 3.36. The molecule has 0 radical (unpaired) electrons. The predicted octanol–water partition coefficient (Wildman–Crippen LogP) is 3.58. The van der Waals surface area contributed by atoms with E-state index in [0.29, 0.717) is 5.69 Å². The molecule has 1 aromatic carbocycles. The minimum Gasteiger partial charge on any atom is -0.389 e. The summed E-state index contributed by atoms with van der Waals surface area (Å²) in [6.45, 7) is 1.63. The Hall–Kier alpha value is -1.56. The minimum absolute atomic E-state index is 0.0536. The predicted molar refractivity (Wildman–Crippen MR) is 68.0 cm³/mol. The van der Waals surface area contributed by atoms with Crippen LogP contribution in [-0.4, -0.2) is 24.4 Å². The Bertz CT molecular complexity index is 522. The van der Waals surface area contributed by atoms with Crippen molar-refractivity contribution in [1.29, 1.82) is 0 Å². The van der Waals surface area contributed by atoms with E-state index in [0.717, 1.165) is 6.08 Å². The summed E-state index contributed by atoms with van der Waals surface area (Å²) in [5.74, 6) is -0.553. The number of hydrogen-bond acceptors (Lipinski definition) is 2. The maximum atomic E-state index is 13.7. The summed E-state index contributed by atoms with van der Waals surface area (Å²) in [6.07, 6.45) is -4.35. The van der Waals surface area contributed by atoms with Crippen molar-refractivity contribution in [2.24, 2.45) is 0 Å². The van der Waals surface area contributed by atoms with Crippen LogP contribution in [-0.2, 0) is 0 Å². The second-order valence-electron chi connectivity index (χ2n) is 4.77. The Labute approximate surface area is 114 Å². The summed E-state index contributed by atoms with van der Waals surface area (Å²) in [7, 11) is 0. The summed E-state index contributed by atoms with van der Waals surface area (Å²) in [6, 6.07) is 4.32. The molecule has 2 rings (SSSR count). The third kappa shape index (κ3) is 2.95. The number of hydrogen-bond donors (Lipinski definition) is 1. The van der Waals surface area contributed by atoms with Crippen LogP contribution in [0, 0.1) is 5.82 Å². The van der Waals surface area contributed by atoms with Crippen molar-refractivity contribution in [3.8, 4) is 0 Å². The van der Waals surface area contributed by atoms with Crippen LogP contribution in [0.3, 0.4) is 0 Å². The van der Waals surface area contributed by atoms with E-state index in [1.165, 1.54) is 19.1 Å². The molecule has 20 heavy (non-hydrogen) atoms. The van der Waals surface area contributed by atoms with Gasteiger partial charge in [0, 0.05) is 29.9 Å². The zero-order valence-electron chi connectivity index (χ0n) is 10.9. The van der Waals surface area contributed by atoms with Crippen LogP contribution in [0.25, 0.3) is 0 Å². The Balaban J connectivity index is 2.28. The molecule has 2 nitrogen and oxygen atoms in total. The van der Waals surface area contributed by atoms with Crippen molar-refractivity contribution in [3.05, 3.63) is 41.2 Å². The van der Waals surface area contributed by atoms with Gasteiger partial charge in [0.05, 0.1) is 6.10 Å². The molecular formula is C14H15F4NO. The Morgan fingerprint density at radius 2 is 2.00 bits per heavy atom. The first-order valence-corrected chi connectivity index (χ1v) is 6.28. The molecule has 1 unspecified atom stereocenters. The molecule has 0 aromatic heterocycles. The number of rotatable bonds is 2. The molecule has 1 aliphatic rings. The topological polar surface area (TPSA) is 23.5 Å². The Morgan fingerprint density at radius 3 is 2.50 bits per heavy atom. The fraction of sp³-hybridized carbons (Fsp3) is 0.429. The molecule has 6 heteroatoms. The number of alkyl halides is 3. The first-order chi connectivity index (χ1) is 9.30. The van der Waals surface area contributed by atoms with Gasteiger partial charge < -0.3 is 10.0 Å². The summed E-state index contributed by atoms with van der Waals surface area (Å²) in [5.41, 5.74) is 0.0117. The lowest BCUT2D eigenvalue weighted by molar-refractivity contribution is -0.0944. The number of benzene rings is 1. The van der Waals surface area contributed by atoms with E-state index < -0.39 is 23.7 Å². The van der Waals surface area contributed by atoms with Crippen molar-refractivity contribution in [2.75, 3.05) is 18.0 Å². The number of nitrogens with zero attached hydrogens (tertiary/aromatic N) is 1. The second kappa shape index (κ2) is 5.44. The highest BCUT2D eigenvalue weighted by Gasteiger charge is 2.35. The number of aliphatic hydroxyl groups is 1. The monoisotopic (exact) mass is 289 g/mol. The number of halogens is 4. The van der Waals surface area contributed by atoms with Crippen molar-refractivity contribution in [3.63, 3.8) is 0 Å². The minimum atomic E-state index is -4.30. The van der Waals surface area contributed by atoms with E-state index in [2.05, 4.69) is 0 Å². The van der Waals surface area contributed by atoms with Crippen LogP contribution >= 0.6 is 0 Å². The van der Waals surface area contributed by atoms with E-state index in [-0.39, 0.29) is 25.1 Å². The zero-order chi connectivity index (χ0) is 14.9. The van der Waals surface area contributed by atoms with Crippen molar-refractivity contribution in [1.82, 2.24) is 0 Å². The smallest absolute Gasteiger partial charge is 0.389 e. The molecule has 1 heterocycles. The molecule has 110 valence electrons. The standard InChI is InChI=1S/C14H15F4NO/c1-9(20)13-11(15)3-2-4-12(13)19-7-5-10(6-8-19)14(16,17)18/h2-5,9,20H,6-8H2,1H3. The van der Waals surface area contributed by atoms with Gasteiger partial charge in [-0.05, 0) is 25.5 Å². The SMILES string of the molecule is CC(O)c1c(F)cccc1N1CC=C(C(F)(F)F)CC1. The molecule has 0 amide bonds. The van der Waals surface area contributed by atoms with Crippen molar-refractivity contribution >= 4 is 5.69 Å². The quantitative estimate of drug-likeness (QED) is 0.664. The van der Waals surface area contributed by atoms with Crippen LogP contribution in [0.15, 0.2) is 29.8 Å². The number of aliphatic hydroxyl groups excluding tert-OH is 1. The van der Waals surface area contributed by atoms with Gasteiger partial charge in [-0.3, -0.25) is 0 Å². The zero-order valence-corrected chi connectivity index (χ0v) is 10.9. The molecule has 1 N–H and O–H groups in total. The van der Waals surface area contributed by atoms with Gasteiger partial charge in [0.15, 0.2) is 0 Å². The summed E-state index contributed by atoms with van der Waals surface area (Å²) in [5, 5.41) is 9.64. The molecule has 0 fully saturated rings. The van der Waals surface area contributed by atoms with E-state index in [4.69, 9.17) is 0 Å². The molecule has 0 saturated carbocycles. The van der Waals surface area contributed by atoms with Crippen LogP contribution in [0.2, 0.25) is 0 Å². The van der Waals surface area contributed by atoms with Gasteiger partial charge in [0.2, 0.25) is 0 Å². The first-order valence-electron chi connectivity index (χ1n) is 6.28. The Kier molecular flexibility index (Phi) is 4.04. The van der Waals surface area contributed by atoms with Gasteiger partial charge in [0.25, 0.3) is 0 Å². The molecule has 1 aromatic rings. The van der Waals surface area contributed by atoms with E-state index in [1.54, 1.807) is 11.0 Å². The average Bonchev–Trinajstić information content (AvgIpc) is 2.37. The average molecular weight is 289 g/mol. The van der Waals surface area contributed by atoms with Gasteiger partial charge in [-0.15, -0.1) is 0 Å². The van der Waals surface area contributed by atoms with Crippen LogP contribution < -0.4 is 4.90 Å². The Morgan fingerprint density at radius 1 is 1.30 bits per heavy atom. The lowest BCUT2D eigenvalue weighted by atomic mass is 10.0. The maximum absolute atomic E-state index is 13.7. The van der Waals surface area contributed by atoms with Gasteiger partial charge in [0.1, 0.15) is 5.82 Å². The molecular weight excluding hydrogens is 274 g/mol. The van der Waals surface area contributed by atoms with E-state index in [1.807, 2.05) is 0 Å². The van der Waals surface area contributed by atoms with Gasteiger partial charge in [-0.25, -0.2) is 4.39 Å². The highest BCUT2D eigenvalue weighted by Crippen LogP contribution is 2.34. The molecule has 0 aliphatic carbocycles. The molecule has 0 bridgehead atoms. The first kappa shape index (κ1) is 14.8. The number of anilines is 1.